The third-order valence-electron chi connectivity index (χ3n) is 6.49. The first-order chi connectivity index (χ1) is 24.5. The van der Waals surface area contributed by atoms with Gasteiger partial charge in [-0.2, -0.15) is 0 Å². The molecule has 0 saturated heterocycles. The molecule has 14 heteroatoms. The van der Waals surface area contributed by atoms with Crippen molar-refractivity contribution in [2.75, 3.05) is 82.2 Å². The zero-order valence-corrected chi connectivity index (χ0v) is 30.8. The molecule has 2 aromatic rings. The van der Waals surface area contributed by atoms with Crippen molar-refractivity contribution in [3.63, 3.8) is 0 Å². The van der Waals surface area contributed by atoms with Crippen LogP contribution in [-0.4, -0.2) is 112 Å². The maximum Gasteiger partial charge on any atom is 0.310 e. The van der Waals surface area contributed by atoms with Crippen molar-refractivity contribution in [1.29, 1.82) is 0 Å². The van der Waals surface area contributed by atoms with Gasteiger partial charge in [-0.3, -0.25) is 19.2 Å². The molecule has 0 aliphatic carbocycles. The van der Waals surface area contributed by atoms with Crippen LogP contribution in [0.2, 0.25) is 0 Å². The summed E-state index contributed by atoms with van der Waals surface area (Å²) in [6, 6.07) is 15.5. The second-order valence-electron chi connectivity index (χ2n) is 11.0. The van der Waals surface area contributed by atoms with E-state index in [-0.39, 0.29) is 31.8 Å². The standard InChI is InChI=1S/C19H29NO5.C14H23NO4.C4H6O3/c1-4-10-20(11-14-24-17(3)22)18-8-7-9-19(15-18)25-13-6-5-12-23-16(2)21;16-8-1-2-11-19-14-5-3-4-13(12-14)15(6-9-17)7-10-18;1-3(5)7-4(2)6/h7-9,15H,4-6,10-14H2,1-3H3;3-5,12,16-18H,1-2,6-11H2;1-2H3. The van der Waals surface area contributed by atoms with E-state index in [9.17, 15) is 19.2 Å². The van der Waals surface area contributed by atoms with E-state index in [0.717, 1.165) is 61.5 Å². The first-order valence-electron chi connectivity index (χ1n) is 17.2. The lowest BCUT2D eigenvalue weighted by molar-refractivity contribution is -0.156. The van der Waals surface area contributed by atoms with Crippen LogP contribution >= 0.6 is 0 Å². The minimum Gasteiger partial charge on any atom is -0.494 e. The van der Waals surface area contributed by atoms with E-state index in [1.807, 2.05) is 53.4 Å². The summed E-state index contributed by atoms with van der Waals surface area (Å²) in [7, 11) is 0. The maximum absolute atomic E-state index is 10.9. The fourth-order valence-corrected chi connectivity index (χ4v) is 4.31. The Morgan fingerprint density at radius 2 is 1.00 bits per heavy atom. The van der Waals surface area contributed by atoms with Gasteiger partial charge < -0.3 is 48.8 Å². The van der Waals surface area contributed by atoms with E-state index in [4.69, 9.17) is 34.3 Å². The fourth-order valence-electron chi connectivity index (χ4n) is 4.31. The highest BCUT2D eigenvalue weighted by Gasteiger charge is 2.09. The monoisotopic (exact) mass is 722 g/mol. The molecule has 51 heavy (non-hydrogen) atoms. The number of rotatable bonds is 22. The van der Waals surface area contributed by atoms with Gasteiger partial charge in [0.1, 0.15) is 18.1 Å². The van der Waals surface area contributed by atoms with E-state index in [1.54, 1.807) is 0 Å². The Bertz CT molecular complexity index is 1230. The lowest BCUT2D eigenvalue weighted by Gasteiger charge is -2.24. The minimum absolute atomic E-state index is 0.0432. The summed E-state index contributed by atoms with van der Waals surface area (Å²) in [5.41, 5.74) is 1.97. The van der Waals surface area contributed by atoms with Gasteiger partial charge in [-0.1, -0.05) is 19.1 Å². The summed E-state index contributed by atoms with van der Waals surface area (Å²) in [4.78, 5) is 45.3. The SMILES string of the molecule is CC(=O)OC(C)=O.CCCN(CCOC(C)=O)c1cccc(OCCCCOC(C)=O)c1.OCCCCOc1cccc(N(CCO)CCO)c1. The topological polar surface area (TPSA) is 182 Å². The summed E-state index contributed by atoms with van der Waals surface area (Å²) in [6.07, 6.45) is 4.16. The van der Waals surface area contributed by atoms with Gasteiger partial charge in [0.05, 0.1) is 39.6 Å². The summed E-state index contributed by atoms with van der Waals surface area (Å²) in [6.45, 7) is 12.0. The predicted octanol–water partition coefficient (Wildman–Crippen LogP) is 3.91. The van der Waals surface area contributed by atoms with E-state index in [1.165, 1.54) is 27.7 Å². The number of anilines is 2. The number of esters is 4. The van der Waals surface area contributed by atoms with Crippen molar-refractivity contribution < 1.29 is 58.2 Å². The highest BCUT2D eigenvalue weighted by Crippen LogP contribution is 2.22. The van der Waals surface area contributed by atoms with Crippen molar-refractivity contribution in [2.24, 2.45) is 0 Å². The van der Waals surface area contributed by atoms with Crippen LogP contribution in [-0.2, 0) is 33.4 Å². The molecule has 0 saturated carbocycles. The first-order valence-corrected chi connectivity index (χ1v) is 17.2. The van der Waals surface area contributed by atoms with E-state index in [2.05, 4.69) is 16.6 Å². The molecule has 0 bridgehead atoms. The second-order valence-corrected chi connectivity index (χ2v) is 11.0. The van der Waals surface area contributed by atoms with E-state index < -0.39 is 11.9 Å². The van der Waals surface area contributed by atoms with Gasteiger partial charge in [-0.05, 0) is 56.4 Å². The summed E-state index contributed by atoms with van der Waals surface area (Å²) in [5.74, 6) is -0.0735. The van der Waals surface area contributed by atoms with Gasteiger partial charge in [-0.25, -0.2) is 0 Å². The lowest BCUT2D eigenvalue weighted by atomic mass is 10.2. The Morgan fingerprint density at radius 3 is 1.41 bits per heavy atom. The average molecular weight is 723 g/mol. The fraction of sp³-hybridized carbons (Fsp3) is 0.568. The van der Waals surface area contributed by atoms with Crippen LogP contribution in [0.3, 0.4) is 0 Å². The van der Waals surface area contributed by atoms with Crippen LogP contribution in [0.25, 0.3) is 0 Å². The molecule has 0 atom stereocenters. The van der Waals surface area contributed by atoms with Crippen LogP contribution < -0.4 is 19.3 Å². The molecule has 0 amide bonds. The van der Waals surface area contributed by atoms with Crippen molar-refractivity contribution >= 4 is 35.3 Å². The van der Waals surface area contributed by atoms with Gasteiger partial charge in [-0.15, -0.1) is 0 Å². The van der Waals surface area contributed by atoms with Crippen LogP contribution in [0.4, 0.5) is 11.4 Å². The number of benzene rings is 2. The Balaban J connectivity index is 0.000000846. The zero-order chi connectivity index (χ0) is 38.3. The van der Waals surface area contributed by atoms with Gasteiger partial charge >= 0.3 is 23.9 Å². The molecule has 2 rings (SSSR count). The van der Waals surface area contributed by atoms with Crippen LogP contribution in [0.1, 0.15) is 66.7 Å². The predicted molar refractivity (Wildman–Crippen MR) is 194 cm³/mol. The second kappa shape index (κ2) is 30.4. The first kappa shape index (κ1) is 46.6. The molecule has 0 aliphatic rings. The normalized spacial score (nSPS) is 9.96. The Hall–Kier alpha value is -4.40. The summed E-state index contributed by atoms with van der Waals surface area (Å²) >= 11 is 0. The number of hydrogen-bond acceptors (Lipinski definition) is 14. The molecular weight excluding hydrogens is 664 g/mol. The summed E-state index contributed by atoms with van der Waals surface area (Å²) in [5, 5.41) is 26.7. The number of nitrogens with zero attached hydrogens (tertiary/aromatic N) is 2. The Labute approximate surface area is 302 Å². The highest BCUT2D eigenvalue weighted by atomic mass is 16.6. The smallest absolute Gasteiger partial charge is 0.310 e. The number of ether oxygens (including phenoxy) is 5. The number of aliphatic hydroxyl groups excluding tert-OH is 3. The number of aliphatic hydroxyl groups is 3. The van der Waals surface area contributed by atoms with Crippen molar-refractivity contribution in [1.82, 2.24) is 0 Å². The Kier molecular flexibility index (Phi) is 27.8. The van der Waals surface area contributed by atoms with Crippen LogP contribution in [0.15, 0.2) is 48.5 Å². The van der Waals surface area contributed by atoms with Gasteiger partial charge in [0.25, 0.3) is 0 Å². The zero-order valence-electron chi connectivity index (χ0n) is 30.8. The molecule has 288 valence electrons. The van der Waals surface area contributed by atoms with Crippen molar-refractivity contribution in [3.8, 4) is 11.5 Å². The van der Waals surface area contributed by atoms with Crippen molar-refractivity contribution in [2.45, 2.75) is 66.7 Å². The number of carbonyl (C=O) groups is 4. The van der Waals surface area contributed by atoms with E-state index in [0.29, 0.717) is 46.1 Å². The molecule has 0 aromatic heterocycles. The van der Waals surface area contributed by atoms with Gasteiger partial charge in [0.15, 0.2) is 0 Å². The average Bonchev–Trinajstić information content (AvgIpc) is 3.08. The van der Waals surface area contributed by atoms with Crippen LogP contribution in [0, 0.1) is 0 Å². The molecule has 0 spiro atoms. The van der Waals surface area contributed by atoms with Gasteiger partial charge in [0.2, 0.25) is 0 Å². The molecule has 0 heterocycles. The highest BCUT2D eigenvalue weighted by molar-refractivity contribution is 5.82. The number of carbonyl (C=O) groups excluding carboxylic acids is 4. The molecule has 0 fully saturated rings. The quantitative estimate of drug-likeness (QED) is 0.0689. The van der Waals surface area contributed by atoms with Crippen LogP contribution in [0.5, 0.6) is 11.5 Å². The largest absolute Gasteiger partial charge is 0.494 e. The molecule has 0 aliphatic heterocycles. The maximum atomic E-state index is 10.9. The molecule has 0 radical (unpaired) electrons. The molecule has 0 unspecified atom stereocenters. The van der Waals surface area contributed by atoms with Crippen molar-refractivity contribution in [3.05, 3.63) is 48.5 Å². The lowest BCUT2D eigenvalue weighted by Crippen LogP contribution is -2.29. The van der Waals surface area contributed by atoms with E-state index >= 15 is 0 Å². The Morgan fingerprint density at radius 1 is 0.549 bits per heavy atom. The molecular formula is C37H58N2O12. The third-order valence-corrected chi connectivity index (χ3v) is 6.49. The summed E-state index contributed by atoms with van der Waals surface area (Å²) < 4.78 is 25.3. The molecule has 2 aromatic carbocycles. The molecule has 14 nitrogen and oxygen atoms in total. The minimum atomic E-state index is -0.562. The molecule has 3 N–H and O–H groups in total. The number of hydrogen-bond donors (Lipinski definition) is 3. The number of unbranched alkanes of at least 4 members (excludes halogenated alkanes) is 2. The van der Waals surface area contributed by atoms with Gasteiger partial charge in [0, 0.05) is 77.4 Å². The third kappa shape index (κ3) is 26.1.